The summed E-state index contributed by atoms with van der Waals surface area (Å²) in [5, 5.41) is 0. The largest absolute Gasteiger partial charge is 0.344 e. The summed E-state index contributed by atoms with van der Waals surface area (Å²) in [6.45, 7) is 10.5. The first kappa shape index (κ1) is 12.1. The topological polar surface area (TPSA) is 54.5 Å². The van der Waals surface area contributed by atoms with Crippen molar-refractivity contribution in [1.29, 1.82) is 0 Å². The van der Waals surface area contributed by atoms with Crippen molar-refractivity contribution in [3.63, 3.8) is 0 Å². The molecule has 1 aromatic carbocycles. The second-order valence-electron chi connectivity index (χ2n) is 5.42. The summed E-state index contributed by atoms with van der Waals surface area (Å²) < 4.78 is 0. The van der Waals surface area contributed by atoms with Crippen molar-refractivity contribution in [2.24, 2.45) is 0 Å². The Hall–Kier alpha value is -1.97. The highest BCUT2D eigenvalue weighted by molar-refractivity contribution is 5.98. The van der Waals surface area contributed by atoms with E-state index < -0.39 is 0 Å². The van der Waals surface area contributed by atoms with Crippen molar-refractivity contribution in [2.45, 2.75) is 40.5 Å². The van der Waals surface area contributed by atoms with Crippen LogP contribution in [-0.2, 0) is 0 Å². The van der Waals surface area contributed by atoms with Gasteiger partial charge in [0, 0.05) is 11.1 Å². The van der Waals surface area contributed by atoms with E-state index in [1.54, 1.807) is 6.33 Å². The molecule has 0 atom stereocenters. The third-order valence-electron chi connectivity index (χ3n) is 3.73. The van der Waals surface area contributed by atoms with E-state index in [1.807, 2.05) is 6.92 Å². The Labute approximate surface area is 112 Å². The van der Waals surface area contributed by atoms with Crippen LogP contribution < -0.4 is 0 Å². The van der Waals surface area contributed by atoms with E-state index in [4.69, 9.17) is 9.97 Å². The molecule has 2 heterocycles. The molecule has 0 aliphatic heterocycles. The number of hydrogen-bond acceptors (Lipinski definition) is 3. The van der Waals surface area contributed by atoms with E-state index in [0.29, 0.717) is 5.92 Å². The van der Waals surface area contributed by atoms with Crippen LogP contribution in [-0.4, -0.2) is 19.9 Å². The minimum absolute atomic E-state index is 0.383. The molecule has 0 aliphatic rings. The SMILES string of the molecule is Cc1nc2c(C)c3nc[nH]c3c(C)c2nc1C(C)C. The fourth-order valence-electron chi connectivity index (χ4n) is 2.70. The van der Waals surface area contributed by atoms with Crippen LogP contribution in [0.4, 0.5) is 0 Å². The van der Waals surface area contributed by atoms with Gasteiger partial charge in [0.05, 0.1) is 39.8 Å². The van der Waals surface area contributed by atoms with Crippen LogP contribution in [0.2, 0.25) is 0 Å². The summed E-state index contributed by atoms with van der Waals surface area (Å²) in [5.41, 5.74) is 8.34. The Morgan fingerprint density at radius 1 is 0.947 bits per heavy atom. The summed E-state index contributed by atoms with van der Waals surface area (Å²) >= 11 is 0. The normalized spacial score (nSPS) is 11.9. The van der Waals surface area contributed by atoms with Gasteiger partial charge in [-0.05, 0) is 26.7 Å². The average molecular weight is 254 g/mol. The quantitative estimate of drug-likeness (QED) is 0.722. The highest BCUT2D eigenvalue weighted by Gasteiger charge is 2.16. The molecule has 0 aliphatic carbocycles. The van der Waals surface area contributed by atoms with Crippen molar-refractivity contribution in [1.82, 2.24) is 19.9 Å². The zero-order valence-electron chi connectivity index (χ0n) is 12.0. The zero-order valence-corrected chi connectivity index (χ0v) is 12.0. The number of fused-ring (bicyclic) bond motifs is 2. The molecule has 0 saturated heterocycles. The second-order valence-corrected chi connectivity index (χ2v) is 5.42. The van der Waals surface area contributed by atoms with E-state index in [1.165, 1.54) is 0 Å². The maximum Gasteiger partial charge on any atom is 0.0945 e. The number of hydrogen-bond donors (Lipinski definition) is 1. The van der Waals surface area contributed by atoms with Gasteiger partial charge in [0.2, 0.25) is 0 Å². The van der Waals surface area contributed by atoms with Gasteiger partial charge in [-0.2, -0.15) is 0 Å². The number of H-pyrrole nitrogens is 1. The first-order valence-corrected chi connectivity index (χ1v) is 6.61. The lowest BCUT2D eigenvalue weighted by molar-refractivity contribution is 0.806. The number of aromatic amines is 1. The number of rotatable bonds is 1. The summed E-state index contributed by atoms with van der Waals surface area (Å²) in [6.07, 6.45) is 1.74. The number of aromatic nitrogens is 4. The fourth-order valence-corrected chi connectivity index (χ4v) is 2.70. The molecule has 2 aromatic heterocycles. The van der Waals surface area contributed by atoms with Crippen molar-refractivity contribution >= 4 is 22.1 Å². The molecule has 0 fully saturated rings. The minimum Gasteiger partial charge on any atom is -0.344 e. The Balaban J connectivity index is 2.52. The summed E-state index contributed by atoms with van der Waals surface area (Å²) in [7, 11) is 0. The van der Waals surface area contributed by atoms with Gasteiger partial charge in [-0.3, -0.25) is 0 Å². The van der Waals surface area contributed by atoms with Crippen molar-refractivity contribution in [3.05, 3.63) is 28.8 Å². The molecule has 0 amide bonds. The van der Waals surface area contributed by atoms with Crippen molar-refractivity contribution in [2.75, 3.05) is 0 Å². The molecule has 4 nitrogen and oxygen atoms in total. The van der Waals surface area contributed by atoms with Gasteiger partial charge >= 0.3 is 0 Å². The number of nitrogens with one attached hydrogen (secondary N) is 1. The Bertz CT molecular complexity index is 784. The lowest BCUT2D eigenvalue weighted by Gasteiger charge is -2.12. The molecular formula is C15H18N4. The van der Waals surface area contributed by atoms with Crippen LogP contribution >= 0.6 is 0 Å². The Kier molecular flexibility index (Phi) is 2.55. The van der Waals surface area contributed by atoms with Gasteiger partial charge < -0.3 is 4.98 Å². The van der Waals surface area contributed by atoms with Gasteiger partial charge in [0.25, 0.3) is 0 Å². The van der Waals surface area contributed by atoms with E-state index in [2.05, 4.69) is 37.7 Å². The van der Waals surface area contributed by atoms with Gasteiger partial charge in [-0.25, -0.2) is 15.0 Å². The fraction of sp³-hybridized carbons (Fsp3) is 0.400. The van der Waals surface area contributed by atoms with E-state index in [9.17, 15) is 0 Å². The zero-order chi connectivity index (χ0) is 13.7. The lowest BCUT2D eigenvalue weighted by Crippen LogP contribution is -2.03. The Morgan fingerprint density at radius 3 is 2.32 bits per heavy atom. The summed E-state index contributed by atoms with van der Waals surface area (Å²) in [6, 6.07) is 0. The smallest absolute Gasteiger partial charge is 0.0945 e. The van der Waals surface area contributed by atoms with Crippen molar-refractivity contribution < 1.29 is 0 Å². The monoisotopic (exact) mass is 254 g/mol. The number of imidazole rings is 1. The van der Waals surface area contributed by atoms with Crippen LogP contribution in [0.15, 0.2) is 6.33 Å². The van der Waals surface area contributed by atoms with E-state index >= 15 is 0 Å². The third-order valence-corrected chi connectivity index (χ3v) is 3.73. The lowest BCUT2D eigenvalue weighted by atomic mass is 10.0. The summed E-state index contributed by atoms with van der Waals surface area (Å²) in [5.74, 6) is 0.383. The minimum atomic E-state index is 0.383. The molecule has 1 N–H and O–H groups in total. The van der Waals surface area contributed by atoms with Crippen LogP contribution in [0.25, 0.3) is 22.1 Å². The van der Waals surface area contributed by atoms with Crippen LogP contribution in [0.3, 0.4) is 0 Å². The number of nitrogens with zero attached hydrogens (tertiary/aromatic N) is 3. The van der Waals surface area contributed by atoms with Crippen LogP contribution in [0, 0.1) is 20.8 Å². The molecule has 3 aromatic rings. The standard InChI is InChI=1S/C15H18N4/c1-7(2)11-10(5)18-14-8(3)12-13(17-6-16-12)9(4)15(14)19-11/h6-7H,1-5H3,(H,16,17). The molecule has 0 saturated carbocycles. The second kappa shape index (κ2) is 4.02. The highest BCUT2D eigenvalue weighted by Crippen LogP contribution is 2.29. The molecular weight excluding hydrogens is 236 g/mol. The number of aryl methyl sites for hydroxylation is 3. The summed E-state index contributed by atoms with van der Waals surface area (Å²) in [4.78, 5) is 17.2. The third kappa shape index (κ3) is 1.63. The molecule has 3 rings (SSSR count). The molecule has 0 unspecified atom stereocenters. The van der Waals surface area contributed by atoms with Crippen LogP contribution in [0.5, 0.6) is 0 Å². The van der Waals surface area contributed by atoms with E-state index in [0.717, 1.165) is 44.6 Å². The molecule has 4 heteroatoms. The molecule has 19 heavy (non-hydrogen) atoms. The number of benzene rings is 1. The van der Waals surface area contributed by atoms with Crippen molar-refractivity contribution in [3.8, 4) is 0 Å². The predicted molar refractivity (Wildman–Crippen MR) is 77.5 cm³/mol. The molecule has 0 radical (unpaired) electrons. The van der Waals surface area contributed by atoms with Gasteiger partial charge in [0.15, 0.2) is 0 Å². The maximum atomic E-state index is 4.85. The molecule has 0 spiro atoms. The maximum absolute atomic E-state index is 4.85. The molecule has 98 valence electrons. The van der Waals surface area contributed by atoms with Gasteiger partial charge in [-0.1, -0.05) is 13.8 Å². The highest BCUT2D eigenvalue weighted by atomic mass is 14.9. The van der Waals surface area contributed by atoms with Gasteiger partial charge in [0.1, 0.15) is 0 Å². The Morgan fingerprint density at radius 2 is 1.63 bits per heavy atom. The average Bonchev–Trinajstić information content (AvgIpc) is 2.84. The first-order chi connectivity index (χ1) is 9.00. The van der Waals surface area contributed by atoms with E-state index in [-0.39, 0.29) is 0 Å². The first-order valence-electron chi connectivity index (χ1n) is 6.61. The molecule has 0 bridgehead atoms. The van der Waals surface area contributed by atoms with Gasteiger partial charge in [-0.15, -0.1) is 0 Å². The van der Waals surface area contributed by atoms with Crippen LogP contribution in [0.1, 0.15) is 42.3 Å². The predicted octanol–water partition coefficient (Wildman–Crippen LogP) is 3.55.